The maximum atomic E-state index is 13.5. The summed E-state index contributed by atoms with van der Waals surface area (Å²) in [5.74, 6) is 0.647. The number of benzene rings is 3. The number of para-hydroxylation sites is 1. The first kappa shape index (κ1) is 30.4. The molecule has 222 valence electrons. The van der Waals surface area contributed by atoms with Gasteiger partial charge < -0.3 is 34.6 Å². The zero-order chi connectivity index (χ0) is 30.2. The van der Waals surface area contributed by atoms with Crippen LogP contribution in [0.25, 0.3) is 0 Å². The highest BCUT2D eigenvalue weighted by atomic mass is 16.5. The molecule has 0 spiro atoms. The Labute approximate surface area is 246 Å². The molecule has 1 heterocycles. The Bertz CT molecular complexity index is 1410. The van der Waals surface area contributed by atoms with Crippen molar-refractivity contribution in [3.63, 3.8) is 0 Å². The van der Waals surface area contributed by atoms with Crippen LogP contribution in [0.5, 0.6) is 11.5 Å². The van der Waals surface area contributed by atoms with Gasteiger partial charge in [0.25, 0.3) is 0 Å². The lowest BCUT2D eigenvalue weighted by atomic mass is 10.1. The number of urea groups is 1. The molecule has 3 amide bonds. The fraction of sp³-hybridized carbons (Fsp3) is 0.344. The van der Waals surface area contributed by atoms with Crippen LogP contribution in [0.4, 0.5) is 16.2 Å². The van der Waals surface area contributed by atoms with Crippen molar-refractivity contribution in [1.29, 1.82) is 0 Å². The largest absolute Gasteiger partial charge is 0.495 e. The predicted octanol–water partition coefficient (Wildman–Crippen LogP) is 4.59. The van der Waals surface area contributed by atoms with Gasteiger partial charge in [0.05, 0.1) is 37.9 Å². The van der Waals surface area contributed by atoms with E-state index in [4.69, 9.17) is 14.2 Å². The molecule has 10 nitrogen and oxygen atoms in total. The molecule has 0 radical (unpaired) electrons. The van der Waals surface area contributed by atoms with E-state index in [1.54, 1.807) is 36.4 Å². The van der Waals surface area contributed by atoms with Crippen molar-refractivity contribution in [1.82, 2.24) is 9.80 Å². The van der Waals surface area contributed by atoms with Gasteiger partial charge in [0.1, 0.15) is 18.1 Å². The van der Waals surface area contributed by atoms with Gasteiger partial charge >= 0.3 is 12.0 Å². The van der Waals surface area contributed by atoms with Gasteiger partial charge in [-0.2, -0.15) is 0 Å². The highest BCUT2D eigenvalue weighted by Gasteiger charge is 2.36. The molecule has 4 rings (SSSR count). The second-order valence-electron chi connectivity index (χ2n) is 10.5. The minimum Gasteiger partial charge on any atom is -0.495 e. The van der Waals surface area contributed by atoms with Crippen molar-refractivity contribution in [2.24, 2.45) is 0 Å². The molecule has 0 aromatic heterocycles. The molecule has 1 fully saturated rings. The van der Waals surface area contributed by atoms with Crippen LogP contribution in [0.1, 0.15) is 27.9 Å². The molecule has 2 N–H and O–H groups in total. The number of carbonyl (C=O) groups excluding carboxylic acids is 3. The Balaban J connectivity index is 1.40. The SMILES string of the molecule is COC(=O)c1ccc(OC[C@@H]2C[C@@H](N(C)C)CN2C(=O)Cc2ccc(NC(=O)Nc3ccccc3C)c(OC)c2)cc1. The first-order valence-corrected chi connectivity index (χ1v) is 13.8. The molecule has 3 aromatic carbocycles. The standard InChI is InChI=1S/C32H38N4O6/c1-21-8-6-7-9-27(21)33-32(39)34-28-15-10-22(16-29(28)40-4)17-30(37)36-19-24(35(2)3)18-25(36)20-42-26-13-11-23(12-14-26)31(38)41-5/h6-16,24-25H,17-20H2,1-5H3,(H2,33,34,39)/t24-,25+/m1/s1. The lowest BCUT2D eigenvalue weighted by molar-refractivity contribution is -0.131. The van der Waals surface area contributed by atoms with Gasteiger partial charge in [0, 0.05) is 18.3 Å². The Hall–Kier alpha value is -4.57. The lowest BCUT2D eigenvalue weighted by Gasteiger charge is -2.25. The molecule has 0 unspecified atom stereocenters. The minimum atomic E-state index is -0.408. The van der Waals surface area contributed by atoms with Crippen molar-refractivity contribution in [2.45, 2.75) is 31.8 Å². The highest BCUT2D eigenvalue weighted by molar-refractivity contribution is 6.01. The second-order valence-corrected chi connectivity index (χ2v) is 10.5. The Morgan fingerprint density at radius 3 is 2.33 bits per heavy atom. The smallest absolute Gasteiger partial charge is 0.337 e. The van der Waals surface area contributed by atoms with Crippen molar-refractivity contribution in [3.8, 4) is 11.5 Å². The summed E-state index contributed by atoms with van der Waals surface area (Å²) in [7, 11) is 6.88. The fourth-order valence-electron chi connectivity index (χ4n) is 4.94. The number of likely N-dealkylation sites (tertiary alicyclic amines) is 1. The number of nitrogens with one attached hydrogen (secondary N) is 2. The molecule has 0 bridgehead atoms. The number of nitrogens with zero attached hydrogens (tertiary/aromatic N) is 2. The van der Waals surface area contributed by atoms with Gasteiger partial charge in [-0.1, -0.05) is 24.3 Å². The molecule has 0 saturated carbocycles. The third-order valence-corrected chi connectivity index (χ3v) is 7.42. The number of anilines is 2. The summed E-state index contributed by atoms with van der Waals surface area (Å²) in [5, 5.41) is 5.67. The van der Waals surface area contributed by atoms with E-state index in [2.05, 4.69) is 15.5 Å². The summed E-state index contributed by atoms with van der Waals surface area (Å²) in [5.41, 5.74) is 3.38. The van der Waals surface area contributed by atoms with Crippen LogP contribution in [0.3, 0.4) is 0 Å². The van der Waals surface area contributed by atoms with Crippen molar-refractivity contribution in [2.75, 3.05) is 52.1 Å². The molecule has 1 aliphatic rings. The summed E-state index contributed by atoms with van der Waals surface area (Å²) in [6.07, 6.45) is 0.956. The summed E-state index contributed by atoms with van der Waals surface area (Å²) in [4.78, 5) is 41.8. The van der Waals surface area contributed by atoms with Crippen LogP contribution >= 0.6 is 0 Å². The van der Waals surface area contributed by atoms with E-state index in [0.717, 1.165) is 23.2 Å². The number of carbonyl (C=O) groups is 3. The molecule has 0 aliphatic carbocycles. The van der Waals surface area contributed by atoms with Gasteiger partial charge in [-0.25, -0.2) is 9.59 Å². The number of hydrogen-bond donors (Lipinski definition) is 2. The van der Waals surface area contributed by atoms with Crippen LogP contribution in [-0.2, 0) is 16.0 Å². The molecular formula is C32H38N4O6. The number of likely N-dealkylation sites (N-methyl/N-ethyl adjacent to an activating group) is 1. The lowest BCUT2D eigenvalue weighted by Crippen LogP contribution is -2.40. The molecule has 2 atom stereocenters. The number of esters is 1. The van der Waals surface area contributed by atoms with Crippen LogP contribution in [0, 0.1) is 6.92 Å². The van der Waals surface area contributed by atoms with Crippen LogP contribution < -0.4 is 20.1 Å². The number of rotatable bonds is 10. The monoisotopic (exact) mass is 574 g/mol. The predicted molar refractivity (Wildman–Crippen MR) is 161 cm³/mol. The molecule has 10 heteroatoms. The zero-order valence-corrected chi connectivity index (χ0v) is 24.7. The third kappa shape index (κ3) is 7.58. The van der Waals surface area contributed by atoms with Crippen LogP contribution in [0.15, 0.2) is 66.7 Å². The van der Waals surface area contributed by atoms with E-state index in [0.29, 0.717) is 35.9 Å². The number of ether oxygens (including phenoxy) is 3. The zero-order valence-electron chi connectivity index (χ0n) is 24.7. The average Bonchev–Trinajstić information content (AvgIpc) is 3.43. The Morgan fingerprint density at radius 2 is 1.67 bits per heavy atom. The first-order chi connectivity index (χ1) is 20.2. The maximum absolute atomic E-state index is 13.5. The summed E-state index contributed by atoms with van der Waals surface area (Å²) in [6, 6.07) is 19.3. The van der Waals surface area contributed by atoms with Crippen molar-refractivity contribution >= 4 is 29.3 Å². The molecular weight excluding hydrogens is 536 g/mol. The Morgan fingerprint density at radius 1 is 0.952 bits per heavy atom. The van der Waals surface area contributed by atoms with Gasteiger partial charge in [-0.3, -0.25) is 4.79 Å². The van der Waals surface area contributed by atoms with Gasteiger partial charge in [0.15, 0.2) is 0 Å². The summed E-state index contributed by atoms with van der Waals surface area (Å²) >= 11 is 0. The van der Waals surface area contributed by atoms with E-state index in [-0.39, 0.29) is 30.4 Å². The maximum Gasteiger partial charge on any atom is 0.337 e. The highest BCUT2D eigenvalue weighted by Crippen LogP contribution is 2.28. The first-order valence-electron chi connectivity index (χ1n) is 13.8. The van der Waals surface area contributed by atoms with Gasteiger partial charge in [0.2, 0.25) is 5.91 Å². The van der Waals surface area contributed by atoms with E-state index in [1.807, 2.05) is 56.3 Å². The minimum absolute atomic E-state index is 0.0194. The summed E-state index contributed by atoms with van der Waals surface area (Å²) in [6.45, 7) is 2.84. The molecule has 42 heavy (non-hydrogen) atoms. The van der Waals surface area contributed by atoms with Gasteiger partial charge in [-0.05, 0) is 81.0 Å². The number of hydrogen-bond acceptors (Lipinski definition) is 7. The Kier molecular flexibility index (Phi) is 10.0. The van der Waals surface area contributed by atoms with E-state index >= 15 is 0 Å². The molecule has 1 aliphatic heterocycles. The van der Waals surface area contributed by atoms with Crippen molar-refractivity contribution in [3.05, 3.63) is 83.4 Å². The number of aryl methyl sites for hydroxylation is 1. The van der Waals surface area contributed by atoms with E-state index in [1.165, 1.54) is 14.2 Å². The summed E-state index contributed by atoms with van der Waals surface area (Å²) < 4.78 is 16.3. The number of methoxy groups -OCH3 is 2. The van der Waals surface area contributed by atoms with Crippen LogP contribution in [-0.4, -0.2) is 81.3 Å². The van der Waals surface area contributed by atoms with Crippen LogP contribution in [0.2, 0.25) is 0 Å². The topological polar surface area (TPSA) is 109 Å². The average molecular weight is 575 g/mol. The van der Waals surface area contributed by atoms with E-state index < -0.39 is 5.97 Å². The third-order valence-electron chi connectivity index (χ3n) is 7.42. The second kappa shape index (κ2) is 13.9. The van der Waals surface area contributed by atoms with Crippen molar-refractivity contribution < 1.29 is 28.6 Å². The quantitative estimate of drug-likeness (QED) is 0.341. The normalized spacial score (nSPS) is 16.2. The number of amides is 3. The van der Waals surface area contributed by atoms with E-state index in [9.17, 15) is 14.4 Å². The fourth-order valence-corrected chi connectivity index (χ4v) is 4.94. The molecule has 1 saturated heterocycles. The van der Waals surface area contributed by atoms with Gasteiger partial charge in [-0.15, -0.1) is 0 Å². The molecule has 3 aromatic rings.